The van der Waals surface area contributed by atoms with Gasteiger partial charge in [-0.2, -0.15) is 93.8 Å². The molecule has 0 aromatic carbocycles. The summed E-state index contributed by atoms with van der Waals surface area (Å²) in [6, 6.07) is 2.13. The highest BCUT2D eigenvalue weighted by atomic mass is 32.1. The molecule has 8 heterocycles. The zero-order valence-corrected chi connectivity index (χ0v) is 43.0. The Bertz CT molecular complexity index is 2820. The number of nitrogens with one attached hydrogen (secondary N) is 3. The molecule has 0 amide bonds. The lowest BCUT2D eigenvalue weighted by Gasteiger charge is -2.17. The summed E-state index contributed by atoms with van der Waals surface area (Å²) in [6.45, 7) is 11.0. The minimum Gasteiger partial charge on any atom is -0.368 e. The Morgan fingerprint density at radius 2 is 0.783 bits per heavy atom. The van der Waals surface area contributed by atoms with E-state index >= 15 is 0 Å². The third-order valence-corrected chi connectivity index (χ3v) is 12.8. The van der Waals surface area contributed by atoms with Crippen LogP contribution < -0.4 is 65.1 Å². The highest BCUT2D eigenvalue weighted by Gasteiger charge is 2.11. The van der Waals surface area contributed by atoms with Crippen molar-refractivity contribution in [2.45, 2.75) is 53.9 Å². The average molecular weight is 1020 g/mol. The lowest BCUT2D eigenvalue weighted by molar-refractivity contribution is 0.858. The first-order valence-corrected chi connectivity index (χ1v) is 24.5. The number of thiophene rings is 4. The van der Waals surface area contributed by atoms with Gasteiger partial charge in [0.2, 0.25) is 71.4 Å². The Balaban J connectivity index is 0.000000172. The third kappa shape index (κ3) is 16.9. The zero-order valence-electron chi connectivity index (χ0n) is 39.8. The summed E-state index contributed by atoms with van der Waals surface area (Å²) in [5.74, 6) is 3.94. The smallest absolute Gasteiger partial charge is 0.231 e. The molecule has 0 saturated carbocycles. The van der Waals surface area contributed by atoms with E-state index in [0.29, 0.717) is 55.3 Å². The van der Waals surface area contributed by atoms with E-state index in [2.05, 4.69) is 147 Å². The second-order valence-electron chi connectivity index (χ2n) is 15.4. The number of aryl methyl sites for hydroxylation is 4. The average Bonchev–Trinajstić information content (AvgIpc) is 4.10. The van der Waals surface area contributed by atoms with Gasteiger partial charge >= 0.3 is 0 Å². The number of anilines is 12. The molecule has 15 N–H and O–H groups in total. The van der Waals surface area contributed by atoms with E-state index in [9.17, 15) is 0 Å². The van der Waals surface area contributed by atoms with Crippen LogP contribution in [0.2, 0.25) is 0 Å². The first kappa shape index (κ1) is 52.4. The van der Waals surface area contributed by atoms with Gasteiger partial charge in [0.1, 0.15) is 0 Å². The molecule has 0 unspecified atom stereocenters. The van der Waals surface area contributed by atoms with Gasteiger partial charge in [0.25, 0.3) is 0 Å². The summed E-state index contributed by atoms with van der Waals surface area (Å²) < 4.78 is 0. The summed E-state index contributed by atoms with van der Waals surface area (Å²) in [5, 5.41) is 24.1. The van der Waals surface area contributed by atoms with Gasteiger partial charge in [-0.25, -0.2) is 0 Å². The number of rotatable bonds is 14. The van der Waals surface area contributed by atoms with Crippen molar-refractivity contribution in [3.05, 3.63) is 87.5 Å². The highest BCUT2D eigenvalue weighted by Crippen LogP contribution is 2.20. The van der Waals surface area contributed by atoms with Gasteiger partial charge in [-0.3, -0.25) is 0 Å². The van der Waals surface area contributed by atoms with Crippen LogP contribution in [0.4, 0.5) is 71.4 Å². The molecular formula is C41H58N24S4. The van der Waals surface area contributed by atoms with Crippen LogP contribution in [0.3, 0.4) is 0 Å². The SMILES string of the molecule is Cc1cc(CNc2nc(N)nc(N(C)C)n2)cs1.Cc1cscc1CN(C)c1nc(N)nc(N)n1.Cc1cscc1CNc1nc(N)nc(N(C)C)n1.Cc1cscc1CNc1nc(N)nc(N)n1. The summed E-state index contributed by atoms with van der Waals surface area (Å²) in [5.41, 5.74) is 42.0. The van der Waals surface area contributed by atoms with Gasteiger partial charge in [0.15, 0.2) is 0 Å². The molecule has 8 rings (SSSR count). The quantitative estimate of drug-likeness (QED) is 0.0687. The van der Waals surface area contributed by atoms with Crippen LogP contribution in [-0.4, -0.2) is 95.0 Å². The van der Waals surface area contributed by atoms with E-state index in [0.717, 1.165) is 6.54 Å². The largest absolute Gasteiger partial charge is 0.368 e. The Labute approximate surface area is 416 Å². The normalized spacial score (nSPS) is 10.4. The number of nitrogens with two attached hydrogens (primary N) is 6. The van der Waals surface area contributed by atoms with Gasteiger partial charge in [-0.15, -0.1) is 11.3 Å². The van der Waals surface area contributed by atoms with Crippen molar-refractivity contribution in [1.82, 2.24) is 59.8 Å². The lowest BCUT2D eigenvalue weighted by Crippen LogP contribution is -2.21. The maximum absolute atomic E-state index is 5.65. The minimum absolute atomic E-state index is 0.122. The van der Waals surface area contributed by atoms with Gasteiger partial charge in [0.05, 0.1) is 0 Å². The predicted molar refractivity (Wildman–Crippen MR) is 285 cm³/mol. The van der Waals surface area contributed by atoms with E-state index < -0.39 is 0 Å². The molecule has 0 bridgehead atoms. The van der Waals surface area contributed by atoms with Crippen LogP contribution >= 0.6 is 45.3 Å². The molecule has 28 heteroatoms. The fourth-order valence-electron chi connectivity index (χ4n) is 5.51. The van der Waals surface area contributed by atoms with Crippen LogP contribution in [0.5, 0.6) is 0 Å². The zero-order chi connectivity index (χ0) is 50.2. The number of hydrogen-bond donors (Lipinski definition) is 9. The van der Waals surface area contributed by atoms with Gasteiger partial charge < -0.3 is 65.1 Å². The standard InChI is InChI=1S/2C11H16N6S.C10H14N6S.C9H12N6S/c1-7-5-18-6-8(7)4-13-10-14-9(12)15-11(16-10)17(2)3;1-7-4-8(6-18-7)5-13-10-14-9(12)15-11(16-10)17(2)3;1-6-4-17-5-7(6)3-16(2)10-14-8(11)13-9(12)15-10;1-5-3-16-4-6(5)2-12-9-14-7(10)13-8(11)15-9/h5-6H,4H2,1-3H3,(H3,12,13,14,15,16);4,6H,5H2,1-3H3,(H3,12,13,14,15,16);4-5H,3H2,1-2H3,(H4,11,12,13,14,15);3-4H,2H2,1H3,(H5,10,11,12,13,14,15). The number of nitrogen functional groups attached to an aromatic ring is 6. The molecule has 0 radical (unpaired) electrons. The first-order chi connectivity index (χ1) is 32.8. The van der Waals surface area contributed by atoms with Crippen molar-refractivity contribution >= 4 is 117 Å². The number of aromatic nitrogens is 12. The van der Waals surface area contributed by atoms with Gasteiger partial charge in [-0.1, -0.05) is 0 Å². The van der Waals surface area contributed by atoms with Crippen LogP contribution in [0.1, 0.15) is 43.8 Å². The molecule has 69 heavy (non-hydrogen) atoms. The van der Waals surface area contributed by atoms with Crippen LogP contribution in [0.15, 0.2) is 43.7 Å². The van der Waals surface area contributed by atoms with Crippen LogP contribution in [-0.2, 0) is 26.2 Å². The molecule has 24 nitrogen and oxygen atoms in total. The molecule has 0 atom stereocenters. The second-order valence-corrected chi connectivity index (χ2v) is 18.7. The Kier molecular flexibility index (Phi) is 19.0. The van der Waals surface area contributed by atoms with Crippen molar-refractivity contribution < 1.29 is 0 Å². The Hall–Kier alpha value is -7.56. The van der Waals surface area contributed by atoms with E-state index in [1.54, 1.807) is 55.1 Å². The van der Waals surface area contributed by atoms with Crippen molar-refractivity contribution in [2.24, 2.45) is 0 Å². The lowest BCUT2D eigenvalue weighted by atomic mass is 10.2. The maximum atomic E-state index is 5.65. The van der Waals surface area contributed by atoms with Crippen molar-refractivity contribution in [3.63, 3.8) is 0 Å². The van der Waals surface area contributed by atoms with Gasteiger partial charge in [-0.05, 0) is 110 Å². The second kappa shape index (κ2) is 25.0. The van der Waals surface area contributed by atoms with E-state index in [1.807, 2.05) is 40.1 Å². The molecule has 0 aliphatic heterocycles. The number of hydrogen-bond acceptors (Lipinski definition) is 28. The van der Waals surface area contributed by atoms with E-state index in [-0.39, 0.29) is 35.7 Å². The Morgan fingerprint density at radius 1 is 0.420 bits per heavy atom. The van der Waals surface area contributed by atoms with Crippen LogP contribution in [0.25, 0.3) is 0 Å². The highest BCUT2D eigenvalue weighted by molar-refractivity contribution is 7.10. The van der Waals surface area contributed by atoms with Gasteiger partial charge in [0, 0.05) is 66.3 Å². The molecule has 0 fully saturated rings. The predicted octanol–water partition coefficient (Wildman–Crippen LogP) is 5.06. The van der Waals surface area contributed by atoms with Crippen molar-refractivity contribution in [2.75, 3.05) is 100 Å². The fraction of sp³-hybridized carbons (Fsp3) is 0.317. The molecule has 0 spiro atoms. The summed E-state index contributed by atoms with van der Waals surface area (Å²) in [4.78, 5) is 54.9. The Morgan fingerprint density at radius 3 is 1.16 bits per heavy atom. The minimum atomic E-state index is 0.122. The summed E-state index contributed by atoms with van der Waals surface area (Å²) in [7, 11) is 9.34. The van der Waals surface area contributed by atoms with E-state index in [4.69, 9.17) is 34.4 Å². The van der Waals surface area contributed by atoms with Crippen molar-refractivity contribution in [3.8, 4) is 0 Å². The first-order valence-electron chi connectivity index (χ1n) is 20.7. The summed E-state index contributed by atoms with van der Waals surface area (Å²) in [6.07, 6.45) is 0. The van der Waals surface area contributed by atoms with Crippen molar-refractivity contribution in [1.29, 1.82) is 0 Å². The molecule has 0 saturated heterocycles. The summed E-state index contributed by atoms with van der Waals surface area (Å²) >= 11 is 6.76. The maximum Gasteiger partial charge on any atom is 0.231 e. The van der Waals surface area contributed by atoms with Crippen LogP contribution in [0, 0.1) is 27.7 Å². The molecule has 0 aliphatic carbocycles. The number of nitrogens with zero attached hydrogens (tertiary/aromatic N) is 15. The molecular weight excluding hydrogens is 957 g/mol. The molecule has 8 aromatic rings. The monoisotopic (exact) mass is 1010 g/mol. The fourth-order valence-corrected chi connectivity index (χ4v) is 8.78. The van der Waals surface area contributed by atoms with E-state index in [1.165, 1.54) is 43.8 Å². The molecule has 0 aliphatic rings. The third-order valence-electron chi connectivity index (χ3n) is 9.15. The molecule has 8 aromatic heterocycles. The topological polar surface area (TPSA) is 357 Å². The molecule has 366 valence electrons.